The molecule has 0 bridgehead atoms. The summed E-state index contributed by atoms with van der Waals surface area (Å²) in [5, 5.41) is 16.8. The lowest BCUT2D eigenvalue weighted by molar-refractivity contribution is 0.0273. The Morgan fingerprint density at radius 2 is 0.947 bits per heavy atom. The Labute approximate surface area is 249 Å². The largest absolute Gasteiger partial charge is 0.491 e. The van der Waals surface area contributed by atoms with Gasteiger partial charge in [0.1, 0.15) is 43.5 Å². The Balaban J connectivity index is 1.05. The molecular weight excluding hydrogens is 714 g/mol. The van der Waals surface area contributed by atoms with Crippen molar-refractivity contribution in [3.05, 3.63) is 55.9 Å². The van der Waals surface area contributed by atoms with Gasteiger partial charge in [-0.25, -0.2) is 9.36 Å². The lowest BCUT2D eigenvalue weighted by Gasteiger charge is -2.09. The van der Waals surface area contributed by atoms with Crippen LogP contribution in [0.25, 0.3) is 22.5 Å². The van der Waals surface area contributed by atoms with Crippen LogP contribution in [0.15, 0.2) is 48.5 Å². The number of aryl methyl sites for hydroxylation is 2. The normalized spacial score (nSPS) is 11.2. The summed E-state index contributed by atoms with van der Waals surface area (Å²) in [6.07, 6.45) is 0. The standard InChI is InChI=1S/C26H30I2N6O4/c1-3-33-25(27)23(29-31-33)19-5-9-21(10-6-19)37-17-15-35-13-14-36-16-18-38-22-11-7-20(8-12-22)24-26(28)34(4-2)32-30-24/h5-12H,3-4,13-18H2,1-2H3. The van der Waals surface area contributed by atoms with E-state index in [0.29, 0.717) is 39.6 Å². The van der Waals surface area contributed by atoms with Gasteiger partial charge in [0.05, 0.1) is 26.4 Å². The van der Waals surface area contributed by atoms with Crippen molar-refractivity contribution < 1.29 is 18.9 Å². The van der Waals surface area contributed by atoms with Gasteiger partial charge in [-0.3, -0.25) is 0 Å². The smallest absolute Gasteiger partial charge is 0.127 e. The predicted molar refractivity (Wildman–Crippen MR) is 160 cm³/mol. The molecule has 2 heterocycles. The Morgan fingerprint density at radius 3 is 1.29 bits per heavy atom. The quantitative estimate of drug-likeness (QED) is 0.125. The molecule has 0 unspecified atom stereocenters. The third kappa shape index (κ3) is 7.64. The number of hydrogen-bond donors (Lipinski definition) is 0. The summed E-state index contributed by atoms with van der Waals surface area (Å²) in [6, 6.07) is 15.7. The van der Waals surface area contributed by atoms with E-state index in [2.05, 4.69) is 65.8 Å². The minimum absolute atomic E-state index is 0.468. The Bertz CT molecular complexity index is 1180. The van der Waals surface area contributed by atoms with Crippen LogP contribution in [0.2, 0.25) is 0 Å². The number of nitrogens with zero attached hydrogens (tertiary/aromatic N) is 6. The lowest BCUT2D eigenvalue weighted by atomic mass is 10.2. The number of rotatable bonds is 15. The van der Waals surface area contributed by atoms with Crippen LogP contribution in [0, 0.1) is 7.40 Å². The van der Waals surface area contributed by atoms with E-state index in [-0.39, 0.29) is 0 Å². The van der Waals surface area contributed by atoms with Gasteiger partial charge in [-0.05, 0) is 108 Å². The van der Waals surface area contributed by atoms with Gasteiger partial charge in [0, 0.05) is 24.2 Å². The average Bonchev–Trinajstić information content (AvgIpc) is 3.51. The van der Waals surface area contributed by atoms with E-state index >= 15 is 0 Å². The molecule has 202 valence electrons. The molecule has 0 aliphatic rings. The second-order valence-electron chi connectivity index (χ2n) is 8.06. The van der Waals surface area contributed by atoms with E-state index in [0.717, 1.165) is 54.5 Å². The van der Waals surface area contributed by atoms with Crippen molar-refractivity contribution in [1.82, 2.24) is 30.0 Å². The summed E-state index contributed by atoms with van der Waals surface area (Å²) >= 11 is 4.54. The molecule has 0 radical (unpaired) electrons. The number of hydrogen-bond acceptors (Lipinski definition) is 8. The summed E-state index contributed by atoms with van der Waals surface area (Å²) in [5.41, 5.74) is 3.80. The van der Waals surface area contributed by atoms with Gasteiger partial charge in [0.25, 0.3) is 0 Å². The average molecular weight is 744 g/mol. The number of ether oxygens (including phenoxy) is 4. The molecule has 0 amide bonds. The zero-order chi connectivity index (χ0) is 26.7. The topological polar surface area (TPSA) is 98.3 Å². The monoisotopic (exact) mass is 744 g/mol. The zero-order valence-corrected chi connectivity index (χ0v) is 25.7. The number of aromatic nitrogens is 6. The second-order valence-corrected chi connectivity index (χ2v) is 10.1. The zero-order valence-electron chi connectivity index (χ0n) is 21.3. The first-order valence-corrected chi connectivity index (χ1v) is 14.6. The first kappa shape index (κ1) is 28.7. The van der Waals surface area contributed by atoms with Crippen LogP contribution in [0.5, 0.6) is 11.5 Å². The lowest BCUT2D eigenvalue weighted by Crippen LogP contribution is -2.13. The Hall–Kier alpha value is -2.30. The SMILES string of the molecule is CCn1nnc(-c2ccc(OCCOCCOCCOc3ccc(-c4nnn(CC)c4I)cc3)cc2)c1I. The van der Waals surface area contributed by atoms with Crippen LogP contribution in [-0.2, 0) is 22.6 Å². The van der Waals surface area contributed by atoms with E-state index in [1.54, 1.807) is 0 Å². The third-order valence-electron chi connectivity index (χ3n) is 5.57. The highest BCUT2D eigenvalue weighted by atomic mass is 127. The molecule has 0 saturated carbocycles. The van der Waals surface area contributed by atoms with Crippen molar-refractivity contribution in [2.75, 3.05) is 39.6 Å². The van der Waals surface area contributed by atoms with Crippen molar-refractivity contribution >= 4 is 45.2 Å². The number of benzene rings is 2. The van der Waals surface area contributed by atoms with Crippen LogP contribution in [0.4, 0.5) is 0 Å². The molecule has 0 aliphatic carbocycles. The summed E-state index contributed by atoms with van der Waals surface area (Å²) in [5.74, 6) is 1.58. The maximum Gasteiger partial charge on any atom is 0.127 e. The van der Waals surface area contributed by atoms with Crippen molar-refractivity contribution in [3.63, 3.8) is 0 Å². The molecule has 0 atom stereocenters. The van der Waals surface area contributed by atoms with Crippen LogP contribution in [0.3, 0.4) is 0 Å². The summed E-state index contributed by atoms with van der Waals surface area (Å²) < 4.78 is 28.5. The Kier molecular flexibility index (Phi) is 11.1. The molecule has 0 N–H and O–H groups in total. The van der Waals surface area contributed by atoms with Crippen LogP contribution < -0.4 is 9.47 Å². The third-order valence-corrected chi connectivity index (χ3v) is 7.70. The van der Waals surface area contributed by atoms with Gasteiger partial charge >= 0.3 is 0 Å². The Morgan fingerprint density at radius 1 is 0.579 bits per heavy atom. The molecule has 4 rings (SSSR count). The van der Waals surface area contributed by atoms with Crippen molar-refractivity contribution in [1.29, 1.82) is 0 Å². The van der Waals surface area contributed by atoms with E-state index < -0.39 is 0 Å². The second kappa shape index (κ2) is 14.7. The molecular formula is C26H30I2N6O4. The molecule has 2 aromatic carbocycles. The minimum atomic E-state index is 0.468. The predicted octanol–water partition coefficient (Wildman–Crippen LogP) is 4.94. The molecule has 0 aliphatic heterocycles. The summed E-state index contributed by atoms with van der Waals surface area (Å²) in [7, 11) is 0. The van der Waals surface area contributed by atoms with Crippen LogP contribution >= 0.6 is 45.2 Å². The van der Waals surface area contributed by atoms with E-state index in [1.807, 2.05) is 71.7 Å². The molecule has 0 saturated heterocycles. The summed E-state index contributed by atoms with van der Waals surface area (Å²) in [4.78, 5) is 0. The molecule has 12 heteroatoms. The maximum absolute atomic E-state index is 5.76. The molecule has 0 fully saturated rings. The fraction of sp³-hybridized carbons (Fsp3) is 0.385. The van der Waals surface area contributed by atoms with Crippen molar-refractivity contribution in [2.45, 2.75) is 26.9 Å². The van der Waals surface area contributed by atoms with Gasteiger partial charge < -0.3 is 18.9 Å². The molecule has 10 nitrogen and oxygen atoms in total. The molecule has 2 aromatic heterocycles. The summed E-state index contributed by atoms with van der Waals surface area (Å²) in [6.45, 7) is 8.60. The maximum atomic E-state index is 5.76. The molecule has 0 spiro atoms. The van der Waals surface area contributed by atoms with Gasteiger partial charge in [-0.2, -0.15) is 0 Å². The highest BCUT2D eigenvalue weighted by molar-refractivity contribution is 14.1. The van der Waals surface area contributed by atoms with Gasteiger partial charge in [-0.15, -0.1) is 10.2 Å². The van der Waals surface area contributed by atoms with Gasteiger partial charge in [0.15, 0.2) is 0 Å². The minimum Gasteiger partial charge on any atom is -0.491 e. The highest BCUT2D eigenvalue weighted by Gasteiger charge is 2.12. The van der Waals surface area contributed by atoms with Gasteiger partial charge in [-0.1, -0.05) is 10.4 Å². The van der Waals surface area contributed by atoms with E-state index in [1.165, 1.54) is 0 Å². The van der Waals surface area contributed by atoms with Crippen molar-refractivity contribution in [3.8, 4) is 34.0 Å². The van der Waals surface area contributed by atoms with Crippen LogP contribution in [-0.4, -0.2) is 69.6 Å². The van der Waals surface area contributed by atoms with E-state index in [4.69, 9.17) is 18.9 Å². The molecule has 38 heavy (non-hydrogen) atoms. The fourth-order valence-electron chi connectivity index (χ4n) is 3.54. The highest BCUT2D eigenvalue weighted by Crippen LogP contribution is 2.26. The first-order valence-electron chi connectivity index (χ1n) is 12.4. The first-order chi connectivity index (χ1) is 18.6. The van der Waals surface area contributed by atoms with Gasteiger partial charge in [0.2, 0.25) is 0 Å². The number of halogens is 2. The van der Waals surface area contributed by atoms with E-state index in [9.17, 15) is 0 Å². The fourth-order valence-corrected chi connectivity index (χ4v) is 5.25. The van der Waals surface area contributed by atoms with Crippen molar-refractivity contribution in [2.24, 2.45) is 0 Å². The molecule has 4 aromatic rings. The van der Waals surface area contributed by atoms with Crippen LogP contribution in [0.1, 0.15) is 13.8 Å².